The molecule has 0 spiro atoms. The van der Waals surface area contributed by atoms with Crippen molar-refractivity contribution in [3.8, 4) is 5.75 Å². The maximum Gasteiger partial charge on any atom is 0.142 e. The Kier molecular flexibility index (Phi) is 6.68. The molecular formula is C21H29NO2. The molecule has 0 fully saturated rings. The van der Waals surface area contributed by atoms with E-state index in [4.69, 9.17) is 9.47 Å². The first-order chi connectivity index (χ1) is 11.5. The Morgan fingerprint density at radius 3 is 2.29 bits per heavy atom. The Morgan fingerprint density at radius 2 is 1.62 bits per heavy atom. The van der Waals surface area contributed by atoms with Crippen LogP contribution in [0.2, 0.25) is 0 Å². The van der Waals surface area contributed by atoms with Crippen LogP contribution in [0.4, 0.5) is 5.69 Å². The summed E-state index contributed by atoms with van der Waals surface area (Å²) in [5, 5.41) is 3.46. The van der Waals surface area contributed by atoms with Crippen molar-refractivity contribution in [2.24, 2.45) is 0 Å². The van der Waals surface area contributed by atoms with Gasteiger partial charge in [-0.2, -0.15) is 0 Å². The number of ether oxygens (including phenoxy) is 2. The van der Waals surface area contributed by atoms with E-state index in [0.29, 0.717) is 19.8 Å². The third-order valence-corrected chi connectivity index (χ3v) is 3.88. The Bertz CT molecular complexity index is 614. The van der Waals surface area contributed by atoms with Crippen molar-refractivity contribution >= 4 is 5.69 Å². The summed E-state index contributed by atoms with van der Waals surface area (Å²) in [7, 11) is 0. The molecule has 0 aliphatic rings. The van der Waals surface area contributed by atoms with E-state index in [1.54, 1.807) is 0 Å². The van der Waals surface area contributed by atoms with E-state index in [9.17, 15) is 0 Å². The molecule has 0 saturated heterocycles. The van der Waals surface area contributed by atoms with Gasteiger partial charge in [0.1, 0.15) is 12.4 Å². The van der Waals surface area contributed by atoms with Gasteiger partial charge in [-0.15, -0.1) is 0 Å². The molecule has 0 aliphatic carbocycles. The van der Waals surface area contributed by atoms with Crippen LogP contribution in [-0.2, 0) is 16.7 Å². The zero-order valence-corrected chi connectivity index (χ0v) is 15.3. The van der Waals surface area contributed by atoms with Gasteiger partial charge in [0.2, 0.25) is 0 Å². The van der Waals surface area contributed by atoms with Gasteiger partial charge in [0.05, 0.1) is 12.3 Å². The van der Waals surface area contributed by atoms with Crippen LogP contribution < -0.4 is 10.1 Å². The van der Waals surface area contributed by atoms with E-state index in [0.717, 1.165) is 18.0 Å². The minimum Gasteiger partial charge on any atom is -0.489 e. The summed E-state index contributed by atoms with van der Waals surface area (Å²) in [6.45, 7) is 11.3. The van der Waals surface area contributed by atoms with Crippen molar-refractivity contribution < 1.29 is 9.47 Å². The minimum atomic E-state index is 0.187. The number of hydrogen-bond donors (Lipinski definition) is 1. The standard InChI is InChI=1S/C21H29NO2/c1-5-23-14-15-24-20-9-7-6-8-19(20)22-16-17-10-12-18(13-11-17)21(2,3)4/h6-13,22H,5,14-16H2,1-4H3. The first kappa shape index (κ1) is 18.3. The van der Waals surface area contributed by atoms with Gasteiger partial charge in [-0.25, -0.2) is 0 Å². The lowest BCUT2D eigenvalue weighted by Crippen LogP contribution is -2.11. The van der Waals surface area contributed by atoms with Crippen molar-refractivity contribution in [2.75, 3.05) is 25.1 Å². The smallest absolute Gasteiger partial charge is 0.142 e. The normalized spacial score (nSPS) is 11.3. The van der Waals surface area contributed by atoms with Gasteiger partial charge in [0.15, 0.2) is 0 Å². The fourth-order valence-electron chi connectivity index (χ4n) is 2.41. The molecule has 0 heterocycles. The maximum atomic E-state index is 5.80. The van der Waals surface area contributed by atoms with Crippen molar-refractivity contribution in [1.29, 1.82) is 0 Å². The third kappa shape index (κ3) is 5.57. The van der Waals surface area contributed by atoms with Crippen LogP contribution in [0.1, 0.15) is 38.8 Å². The molecule has 0 unspecified atom stereocenters. The Morgan fingerprint density at radius 1 is 0.917 bits per heavy atom. The molecule has 3 nitrogen and oxygen atoms in total. The van der Waals surface area contributed by atoms with E-state index in [2.05, 4.69) is 50.4 Å². The Hall–Kier alpha value is -2.00. The van der Waals surface area contributed by atoms with E-state index >= 15 is 0 Å². The SMILES string of the molecule is CCOCCOc1ccccc1NCc1ccc(C(C)(C)C)cc1. The molecule has 2 rings (SSSR count). The lowest BCUT2D eigenvalue weighted by atomic mass is 9.87. The zero-order chi connectivity index (χ0) is 17.4. The number of rotatable bonds is 8. The van der Waals surface area contributed by atoms with E-state index in [1.165, 1.54) is 11.1 Å². The summed E-state index contributed by atoms with van der Waals surface area (Å²) in [5.41, 5.74) is 3.80. The Balaban J connectivity index is 1.94. The number of nitrogens with one attached hydrogen (secondary N) is 1. The van der Waals surface area contributed by atoms with Gasteiger partial charge in [-0.05, 0) is 35.6 Å². The van der Waals surface area contributed by atoms with Crippen LogP contribution in [0.25, 0.3) is 0 Å². The minimum absolute atomic E-state index is 0.187. The number of benzene rings is 2. The second-order valence-corrected chi connectivity index (χ2v) is 6.84. The fourth-order valence-corrected chi connectivity index (χ4v) is 2.41. The molecule has 0 aromatic heterocycles. The van der Waals surface area contributed by atoms with Gasteiger partial charge >= 0.3 is 0 Å². The largest absolute Gasteiger partial charge is 0.489 e. The fraction of sp³-hybridized carbons (Fsp3) is 0.429. The Labute approximate surface area is 146 Å². The average Bonchev–Trinajstić information content (AvgIpc) is 2.57. The van der Waals surface area contributed by atoms with Crippen LogP contribution in [0.15, 0.2) is 48.5 Å². The van der Waals surface area contributed by atoms with E-state index in [1.807, 2.05) is 31.2 Å². The lowest BCUT2D eigenvalue weighted by molar-refractivity contribution is 0.110. The van der Waals surface area contributed by atoms with Crippen LogP contribution >= 0.6 is 0 Å². The van der Waals surface area contributed by atoms with Gasteiger partial charge in [-0.1, -0.05) is 57.2 Å². The molecule has 2 aromatic carbocycles. The van der Waals surface area contributed by atoms with Gasteiger partial charge in [0.25, 0.3) is 0 Å². The number of para-hydroxylation sites is 2. The summed E-state index contributed by atoms with van der Waals surface area (Å²) < 4.78 is 11.1. The lowest BCUT2D eigenvalue weighted by Gasteiger charge is -2.19. The molecule has 0 amide bonds. The molecule has 24 heavy (non-hydrogen) atoms. The molecule has 0 aliphatic heterocycles. The van der Waals surface area contributed by atoms with Crippen molar-refractivity contribution in [1.82, 2.24) is 0 Å². The predicted molar refractivity (Wildman–Crippen MR) is 101 cm³/mol. The molecule has 3 heteroatoms. The van der Waals surface area contributed by atoms with Gasteiger partial charge in [-0.3, -0.25) is 0 Å². The van der Waals surface area contributed by atoms with Crippen molar-refractivity contribution in [3.63, 3.8) is 0 Å². The van der Waals surface area contributed by atoms with Crippen LogP contribution in [0, 0.1) is 0 Å². The van der Waals surface area contributed by atoms with Crippen molar-refractivity contribution in [3.05, 3.63) is 59.7 Å². The summed E-state index contributed by atoms with van der Waals surface area (Å²) in [4.78, 5) is 0. The second-order valence-electron chi connectivity index (χ2n) is 6.84. The third-order valence-electron chi connectivity index (χ3n) is 3.88. The highest BCUT2D eigenvalue weighted by Crippen LogP contribution is 2.25. The highest BCUT2D eigenvalue weighted by molar-refractivity contribution is 5.56. The van der Waals surface area contributed by atoms with Crippen LogP contribution in [0.3, 0.4) is 0 Å². The highest BCUT2D eigenvalue weighted by Gasteiger charge is 2.12. The summed E-state index contributed by atoms with van der Waals surface area (Å²) in [5.74, 6) is 0.864. The number of hydrogen-bond acceptors (Lipinski definition) is 3. The van der Waals surface area contributed by atoms with E-state index < -0.39 is 0 Å². The first-order valence-electron chi connectivity index (χ1n) is 8.63. The monoisotopic (exact) mass is 327 g/mol. The van der Waals surface area contributed by atoms with Crippen molar-refractivity contribution in [2.45, 2.75) is 39.7 Å². The number of anilines is 1. The maximum absolute atomic E-state index is 5.80. The summed E-state index contributed by atoms with van der Waals surface area (Å²) >= 11 is 0. The van der Waals surface area contributed by atoms with Gasteiger partial charge in [0, 0.05) is 13.2 Å². The molecule has 1 N–H and O–H groups in total. The first-order valence-corrected chi connectivity index (χ1v) is 8.63. The quantitative estimate of drug-likeness (QED) is 0.691. The highest BCUT2D eigenvalue weighted by atomic mass is 16.5. The average molecular weight is 327 g/mol. The second kappa shape index (κ2) is 8.74. The molecule has 0 radical (unpaired) electrons. The molecule has 2 aromatic rings. The van der Waals surface area contributed by atoms with Gasteiger partial charge < -0.3 is 14.8 Å². The molecule has 0 atom stereocenters. The zero-order valence-electron chi connectivity index (χ0n) is 15.3. The topological polar surface area (TPSA) is 30.5 Å². The van der Waals surface area contributed by atoms with Crippen LogP contribution in [-0.4, -0.2) is 19.8 Å². The molecule has 0 saturated carbocycles. The predicted octanol–water partition coefficient (Wildman–Crippen LogP) is 5.01. The van der Waals surface area contributed by atoms with E-state index in [-0.39, 0.29) is 5.41 Å². The summed E-state index contributed by atoms with van der Waals surface area (Å²) in [6, 6.07) is 16.8. The molecular weight excluding hydrogens is 298 g/mol. The van der Waals surface area contributed by atoms with Crippen LogP contribution in [0.5, 0.6) is 5.75 Å². The summed E-state index contributed by atoms with van der Waals surface area (Å²) in [6.07, 6.45) is 0. The molecule has 130 valence electrons. The molecule has 0 bridgehead atoms.